The fraction of sp³-hybridized carbons (Fsp3) is 0.318. The number of nitrogens with one attached hydrogen (secondary N) is 1. The number of rotatable bonds is 7. The molecule has 4 rings (SSSR count). The van der Waals surface area contributed by atoms with Crippen molar-refractivity contribution in [3.8, 4) is 5.75 Å². The van der Waals surface area contributed by atoms with E-state index < -0.39 is 0 Å². The summed E-state index contributed by atoms with van der Waals surface area (Å²) in [5.74, 6) is 1.19. The number of hydrogen-bond acceptors (Lipinski definition) is 4. The molecule has 7 heteroatoms. The third-order valence-corrected chi connectivity index (χ3v) is 5.74. The summed E-state index contributed by atoms with van der Waals surface area (Å²) in [6.07, 6.45) is 3.95. The van der Waals surface area contributed by atoms with E-state index in [0.717, 1.165) is 28.6 Å². The van der Waals surface area contributed by atoms with Gasteiger partial charge in [-0.2, -0.15) is 0 Å². The molecule has 0 bridgehead atoms. The predicted octanol–water partition coefficient (Wildman–Crippen LogP) is 3.83. The molecule has 1 N–H and O–H groups in total. The Hall–Kier alpha value is -2.67. The molecule has 150 valence electrons. The van der Waals surface area contributed by atoms with Crippen molar-refractivity contribution in [2.75, 3.05) is 7.11 Å². The van der Waals surface area contributed by atoms with Crippen LogP contribution >= 0.6 is 15.9 Å². The lowest BCUT2D eigenvalue weighted by Gasteiger charge is -2.19. The summed E-state index contributed by atoms with van der Waals surface area (Å²) in [7, 11) is 1.64. The van der Waals surface area contributed by atoms with Gasteiger partial charge in [0, 0.05) is 17.4 Å². The molecule has 3 aromatic rings. The second-order valence-electron chi connectivity index (χ2n) is 7.31. The fourth-order valence-corrected chi connectivity index (χ4v) is 3.83. The van der Waals surface area contributed by atoms with Gasteiger partial charge in [-0.25, -0.2) is 4.98 Å². The molecule has 29 heavy (non-hydrogen) atoms. The van der Waals surface area contributed by atoms with E-state index in [0.29, 0.717) is 23.4 Å². The summed E-state index contributed by atoms with van der Waals surface area (Å²) < 4.78 is 7.53. The number of carbonyl (C=O) groups is 1. The average molecular weight is 456 g/mol. The number of amides is 1. The largest absolute Gasteiger partial charge is 0.497 e. The maximum absolute atomic E-state index is 12.7. The lowest BCUT2D eigenvalue weighted by Crippen LogP contribution is -2.31. The molecule has 2 aromatic carbocycles. The minimum absolute atomic E-state index is 0.00388. The Bertz CT molecular complexity index is 1090. The molecule has 1 saturated carbocycles. The molecule has 6 nitrogen and oxygen atoms in total. The highest BCUT2D eigenvalue weighted by Crippen LogP contribution is 2.41. The maximum Gasteiger partial charge on any atom is 0.261 e. The van der Waals surface area contributed by atoms with Crippen molar-refractivity contribution in [2.45, 2.75) is 31.8 Å². The number of fused-ring (bicyclic) bond motifs is 1. The Kier molecular flexibility index (Phi) is 5.67. The molecule has 0 radical (unpaired) electrons. The number of halogens is 1. The van der Waals surface area contributed by atoms with E-state index in [-0.39, 0.29) is 23.9 Å². The van der Waals surface area contributed by atoms with Gasteiger partial charge >= 0.3 is 0 Å². The minimum Gasteiger partial charge on any atom is -0.497 e. The van der Waals surface area contributed by atoms with E-state index in [1.807, 2.05) is 30.3 Å². The monoisotopic (exact) mass is 455 g/mol. The van der Waals surface area contributed by atoms with E-state index in [1.54, 1.807) is 19.2 Å². The molecule has 1 aliphatic rings. The van der Waals surface area contributed by atoms with Crippen LogP contribution in [0.5, 0.6) is 5.75 Å². The molecule has 0 saturated heterocycles. The molecule has 0 spiro atoms. The number of aromatic nitrogens is 2. The van der Waals surface area contributed by atoms with Crippen molar-refractivity contribution in [1.29, 1.82) is 0 Å². The maximum atomic E-state index is 12.7. The summed E-state index contributed by atoms with van der Waals surface area (Å²) in [6, 6.07) is 13.2. The lowest BCUT2D eigenvalue weighted by molar-refractivity contribution is -0.122. The van der Waals surface area contributed by atoms with Gasteiger partial charge in [0.1, 0.15) is 5.75 Å². The second kappa shape index (κ2) is 8.37. The molecule has 1 aliphatic carbocycles. The van der Waals surface area contributed by atoms with Crippen LogP contribution in [-0.4, -0.2) is 22.6 Å². The van der Waals surface area contributed by atoms with Crippen LogP contribution in [0.25, 0.3) is 10.9 Å². The quantitative estimate of drug-likeness (QED) is 0.587. The zero-order valence-corrected chi connectivity index (χ0v) is 17.7. The summed E-state index contributed by atoms with van der Waals surface area (Å²) in [5, 5.41) is 3.68. The zero-order valence-electron chi connectivity index (χ0n) is 16.1. The SMILES string of the molecule is COc1ccc(C(NC(=O)CCn2cnc3ccc(Br)cc3c2=O)C2CC2)cc1. The first-order chi connectivity index (χ1) is 14.0. The Morgan fingerprint density at radius 2 is 2.03 bits per heavy atom. The third kappa shape index (κ3) is 4.50. The summed E-state index contributed by atoms with van der Waals surface area (Å²) >= 11 is 3.38. The molecule has 1 amide bonds. The Labute approximate surface area is 177 Å². The number of carbonyl (C=O) groups excluding carboxylic acids is 1. The molecule has 1 heterocycles. The summed E-state index contributed by atoms with van der Waals surface area (Å²) in [4.78, 5) is 29.6. The first kappa shape index (κ1) is 19.6. The van der Waals surface area contributed by atoms with Crippen molar-refractivity contribution in [3.05, 3.63) is 69.2 Å². The Morgan fingerprint density at radius 1 is 1.28 bits per heavy atom. The van der Waals surface area contributed by atoms with Crippen LogP contribution in [0.2, 0.25) is 0 Å². The van der Waals surface area contributed by atoms with Gasteiger partial charge in [0.25, 0.3) is 5.56 Å². The van der Waals surface area contributed by atoms with Crippen molar-refractivity contribution in [3.63, 3.8) is 0 Å². The number of hydrogen-bond donors (Lipinski definition) is 1. The molecule has 1 aromatic heterocycles. The van der Waals surface area contributed by atoms with Crippen molar-refractivity contribution < 1.29 is 9.53 Å². The van der Waals surface area contributed by atoms with E-state index in [2.05, 4.69) is 26.2 Å². The zero-order chi connectivity index (χ0) is 20.4. The normalized spacial score (nSPS) is 14.6. The summed E-state index contributed by atoms with van der Waals surface area (Å²) in [5.41, 5.74) is 1.58. The van der Waals surface area contributed by atoms with Gasteiger partial charge in [-0.05, 0) is 54.7 Å². The standard InChI is InChI=1S/C22H22BrN3O3/c1-29-17-7-4-15(5-8-17)21(14-2-3-14)25-20(27)10-11-26-13-24-19-9-6-16(23)12-18(19)22(26)28/h4-9,12-14,21H,2-3,10-11H2,1H3,(H,25,27). The van der Waals surface area contributed by atoms with Crippen LogP contribution in [-0.2, 0) is 11.3 Å². The van der Waals surface area contributed by atoms with Crippen molar-refractivity contribution in [2.24, 2.45) is 5.92 Å². The van der Waals surface area contributed by atoms with Gasteiger partial charge in [0.15, 0.2) is 0 Å². The van der Waals surface area contributed by atoms with Gasteiger partial charge < -0.3 is 10.1 Å². The first-order valence-corrected chi connectivity index (χ1v) is 10.4. The Morgan fingerprint density at radius 3 is 2.72 bits per heavy atom. The van der Waals surface area contributed by atoms with Gasteiger partial charge in [-0.15, -0.1) is 0 Å². The second-order valence-corrected chi connectivity index (χ2v) is 8.23. The predicted molar refractivity (Wildman–Crippen MR) is 115 cm³/mol. The number of benzene rings is 2. The highest BCUT2D eigenvalue weighted by molar-refractivity contribution is 9.10. The van der Waals surface area contributed by atoms with E-state index in [4.69, 9.17) is 4.74 Å². The molecule has 1 fully saturated rings. The van der Waals surface area contributed by atoms with Crippen LogP contribution in [0, 0.1) is 5.92 Å². The number of nitrogens with zero attached hydrogens (tertiary/aromatic N) is 2. The highest BCUT2D eigenvalue weighted by atomic mass is 79.9. The van der Waals surface area contributed by atoms with E-state index >= 15 is 0 Å². The smallest absolute Gasteiger partial charge is 0.261 e. The van der Waals surface area contributed by atoms with Crippen LogP contribution in [0.15, 0.2) is 58.1 Å². The van der Waals surface area contributed by atoms with Crippen LogP contribution in [0.1, 0.15) is 30.9 Å². The molecular weight excluding hydrogens is 434 g/mol. The Balaban J connectivity index is 1.44. The van der Waals surface area contributed by atoms with Gasteiger partial charge in [0.05, 0.1) is 30.4 Å². The van der Waals surface area contributed by atoms with E-state index in [9.17, 15) is 9.59 Å². The average Bonchev–Trinajstić information content (AvgIpc) is 3.57. The van der Waals surface area contributed by atoms with E-state index in [1.165, 1.54) is 10.9 Å². The van der Waals surface area contributed by atoms with Crippen LogP contribution in [0.3, 0.4) is 0 Å². The topological polar surface area (TPSA) is 73.2 Å². The van der Waals surface area contributed by atoms with Crippen LogP contribution < -0.4 is 15.6 Å². The third-order valence-electron chi connectivity index (χ3n) is 5.25. The molecule has 1 unspecified atom stereocenters. The first-order valence-electron chi connectivity index (χ1n) is 9.63. The number of ether oxygens (including phenoxy) is 1. The fourth-order valence-electron chi connectivity index (χ4n) is 3.47. The van der Waals surface area contributed by atoms with Crippen molar-refractivity contribution >= 4 is 32.7 Å². The lowest BCUT2D eigenvalue weighted by atomic mass is 10.0. The molecule has 0 aliphatic heterocycles. The van der Waals surface area contributed by atoms with Gasteiger partial charge in [-0.1, -0.05) is 28.1 Å². The highest BCUT2D eigenvalue weighted by Gasteiger charge is 2.33. The van der Waals surface area contributed by atoms with Crippen LogP contribution in [0.4, 0.5) is 0 Å². The van der Waals surface area contributed by atoms with Gasteiger partial charge in [-0.3, -0.25) is 14.2 Å². The number of methoxy groups -OCH3 is 1. The minimum atomic E-state index is -0.141. The molecular formula is C22H22BrN3O3. The summed E-state index contributed by atoms with van der Waals surface area (Å²) in [6.45, 7) is 0.292. The van der Waals surface area contributed by atoms with Crippen molar-refractivity contribution in [1.82, 2.24) is 14.9 Å². The molecule has 1 atom stereocenters. The van der Waals surface area contributed by atoms with Gasteiger partial charge in [0.2, 0.25) is 5.91 Å². The number of aryl methyl sites for hydroxylation is 1.